The van der Waals surface area contributed by atoms with Crippen molar-refractivity contribution in [1.29, 1.82) is 5.26 Å². The molecule has 3 aromatic carbocycles. The van der Waals surface area contributed by atoms with Crippen LogP contribution in [0, 0.1) is 11.3 Å². The third kappa shape index (κ3) is 11.7. The molecule has 2 aliphatic rings. The van der Waals surface area contributed by atoms with Gasteiger partial charge in [0.1, 0.15) is 6.29 Å². The first-order valence-corrected chi connectivity index (χ1v) is 17.3. The standard InChI is InChI=1S/C30H32Cl2N4O2S.C2H4O2.C2H4O.H2O/c1-34(30(37)27-15-21(17-33)14-23-4-2-3-5-26(23)27)18-24(22-6-7-28(31)29(32)16-22)8-9-35-19-25(20-35)36-10-12-39(38)13-11-36;1-2(3)4;1-2-3;/h2-7,14-16,24-25H,8-13,18-20H2,1H3;1H3,(H,3,4);2H,1H3;1H2/t24-;;;/m1.../s1. The molecule has 0 unspecified atom stereocenters. The van der Waals surface area contributed by atoms with Gasteiger partial charge in [-0.3, -0.25) is 18.7 Å². The smallest absolute Gasteiger partial charge is 0.300 e. The molecule has 0 saturated carbocycles. The van der Waals surface area contributed by atoms with Crippen LogP contribution in [0.15, 0.2) is 54.6 Å². The summed E-state index contributed by atoms with van der Waals surface area (Å²) in [7, 11) is 1.16. The van der Waals surface area contributed by atoms with Gasteiger partial charge in [-0.1, -0.05) is 53.5 Å². The fraction of sp³-hybridized carbons (Fsp3) is 0.412. The molecule has 3 aromatic rings. The van der Waals surface area contributed by atoms with Crippen molar-refractivity contribution in [3.05, 3.63) is 81.3 Å². The molecule has 10 nitrogen and oxygen atoms in total. The van der Waals surface area contributed by atoms with Crippen LogP contribution in [0.5, 0.6) is 0 Å². The van der Waals surface area contributed by atoms with Crippen molar-refractivity contribution in [1.82, 2.24) is 14.7 Å². The number of carboxylic acid groups (broad SMARTS) is 1. The summed E-state index contributed by atoms with van der Waals surface area (Å²) < 4.78 is 11.7. The molecular weight excluding hydrogens is 663 g/mol. The van der Waals surface area contributed by atoms with E-state index in [1.54, 1.807) is 11.0 Å². The van der Waals surface area contributed by atoms with Crippen LogP contribution in [-0.2, 0) is 20.4 Å². The number of amides is 1. The number of likely N-dealkylation sites (N-methyl/N-ethyl adjacent to an activating group) is 1. The number of hydrogen-bond acceptors (Lipinski definition) is 7. The highest BCUT2D eigenvalue weighted by Crippen LogP contribution is 2.31. The third-order valence-corrected chi connectivity index (χ3v) is 9.95. The van der Waals surface area contributed by atoms with Gasteiger partial charge in [-0.2, -0.15) is 5.26 Å². The lowest BCUT2D eigenvalue weighted by molar-refractivity contribution is -0.134. The first-order chi connectivity index (χ1) is 22.0. The molecule has 0 spiro atoms. The molecule has 2 saturated heterocycles. The summed E-state index contributed by atoms with van der Waals surface area (Å²) in [5.41, 5.74) is 2.06. The Morgan fingerprint density at radius 2 is 1.72 bits per heavy atom. The van der Waals surface area contributed by atoms with Gasteiger partial charge in [0.05, 0.1) is 21.7 Å². The summed E-state index contributed by atoms with van der Waals surface area (Å²) in [6.07, 6.45) is 1.62. The van der Waals surface area contributed by atoms with Crippen LogP contribution in [0.1, 0.15) is 47.7 Å². The molecule has 254 valence electrons. The zero-order valence-electron chi connectivity index (χ0n) is 26.8. The van der Waals surface area contributed by atoms with E-state index in [0.29, 0.717) is 33.8 Å². The summed E-state index contributed by atoms with van der Waals surface area (Å²) in [6.45, 7) is 7.83. The highest BCUT2D eigenvalue weighted by Gasteiger charge is 2.33. The number of nitriles is 1. The fourth-order valence-corrected chi connectivity index (χ4v) is 7.00. The SMILES string of the molecule is CC(=O)O.CC=O.CN(C[C@@H](CCN1CC(N2CCS(=O)CC2)C1)c1ccc(Cl)c(Cl)c1)C(=O)c1cc(C#N)cc2ccccc12.O. The van der Waals surface area contributed by atoms with E-state index in [1.807, 2.05) is 55.6 Å². The minimum absolute atomic E-state index is 0. The summed E-state index contributed by atoms with van der Waals surface area (Å²) in [5.74, 6) is 0.682. The van der Waals surface area contributed by atoms with Crippen molar-refractivity contribution in [2.75, 3.05) is 57.8 Å². The number of carbonyl (C=O) groups is 3. The quantitative estimate of drug-likeness (QED) is 0.337. The van der Waals surface area contributed by atoms with Gasteiger partial charge < -0.3 is 25.2 Å². The lowest BCUT2D eigenvalue weighted by atomic mass is 9.93. The maximum absolute atomic E-state index is 13.7. The second kappa shape index (κ2) is 19.5. The Bertz CT molecular complexity index is 1580. The van der Waals surface area contributed by atoms with Gasteiger partial charge in [0.15, 0.2) is 0 Å². The van der Waals surface area contributed by atoms with Gasteiger partial charge >= 0.3 is 0 Å². The molecular formula is C34H42Cl2N4O6S. The number of nitrogens with zero attached hydrogens (tertiary/aromatic N) is 4. The lowest BCUT2D eigenvalue weighted by Crippen LogP contribution is -2.61. The molecule has 2 fully saturated rings. The Balaban J connectivity index is 0.000000878. The Morgan fingerprint density at radius 1 is 1.11 bits per heavy atom. The number of benzene rings is 3. The largest absolute Gasteiger partial charge is 0.481 e. The Labute approximate surface area is 288 Å². The average molecular weight is 706 g/mol. The highest BCUT2D eigenvalue weighted by molar-refractivity contribution is 7.85. The van der Waals surface area contributed by atoms with Gasteiger partial charge in [0.25, 0.3) is 11.9 Å². The van der Waals surface area contributed by atoms with E-state index >= 15 is 0 Å². The van der Waals surface area contributed by atoms with E-state index in [1.165, 1.54) is 6.92 Å². The molecule has 5 rings (SSSR count). The number of halogens is 2. The average Bonchev–Trinajstić information content (AvgIpc) is 3.01. The zero-order chi connectivity index (χ0) is 33.8. The van der Waals surface area contributed by atoms with Crippen molar-refractivity contribution >= 4 is 62.9 Å². The maximum atomic E-state index is 13.7. The van der Waals surface area contributed by atoms with Crippen LogP contribution >= 0.6 is 23.2 Å². The number of hydrogen-bond donors (Lipinski definition) is 1. The summed E-state index contributed by atoms with van der Waals surface area (Å²) in [5, 5.41) is 19.7. The number of aldehydes is 1. The first kappa shape index (κ1) is 39.8. The van der Waals surface area contributed by atoms with Crippen LogP contribution in [0.3, 0.4) is 0 Å². The number of carbonyl (C=O) groups excluding carboxylic acids is 2. The molecule has 0 aromatic heterocycles. The fourth-order valence-electron chi connectivity index (χ4n) is 5.61. The van der Waals surface area contributed by atoms with E-state index in [-0.39, 0.29) is 17.3 Å². The molecule has 1 atom stereocenters. The van der Waals surface area contributed by atoms with E-state index in [0.717, 1.165) is 80.2 Å². The molecule has 2 aliphatic heterocycles. The van der Waals surface area contributed by atoms with Crippen LogP contribution in [0.25, 0.3) is 10.8 Å². The second-order valence-corrected chi connectivity index (χ2v) is 13.8. The molecule has 13 heteroatoms. The van der Waals surface area contributed by atoms with E-state index in [9.17, 15) is 14.3 Å². The van der Waals surface area contributed by atoms with Crippen LogP contribution in [0.4, 0.5) is 0 Å². The Hall–Kier alpha value is -3.37. The predicted molar refractivity (Wildman–Crippen MR) is 188 cm³/mol. The molecule has 3 N–H and O–H groups in total. The van der Waals surface area contributed by atoms with Gasteiger partial charge in [0, 0.05) is 86.5 Å². The molecule has 0 aliphatic carbocycles. The van der Waals surface area contributed by atoms with Crippen molar-refractivity contribution in [3.8, 4) is 6.07 Å². The lowest BCUT2D eigenvalue weighted by Gasteiger charge is -2.47. The number of carboxylic acids is 1. The van der Waals surface area contributed by atoms with Crippen LogP contribution in [-0.4, -0.2) is 112 Å². The van der Waals surface area contributed by atoms with Crippen LogP contribution < -0.4 is 0 Å². The predicted octanol–water partition coefficient (Wildman–Crippen LogP) is 4.48. The summed E-state index contributed by atoms with van der Waals surface area (Å²) in [4.78, 5) is 38.2. The van der Waals surface area contributed by atoms with Crippen LogP contribution in [0.2, 0.25) is 10.0 Å². The zero-order valence-corrected chi connectivity index (χ0v) is 29.2. The number of aliphatic carboxylic acids is 1. The van der Waals surface area contributed by atoms with Gasteiger partial charge in [-0.05, 0) is 60.5 Å². The van der Waals surface area contributed by atoms with Gasteiger partial charge in [-0.25, -0.2) is 0 Å². The van der Waals surface area contributed by atoms with Crippen molar-refractivity contribution in [2.24, 2.45) is 0 Å². The van der Waals surface area contributed by atoms with Gasteiger partial charge in [0.2, 0.25) is 0 Å². The highest BCUT2D eigenvalue weighted by atomic mass is 35.5. The summed E-state index contributed by atoms with van der Waals surface area (Å²) in [6, 6.07) is 19.6. The minimum Gasteiger partial charge on any atom is -0.481 e. The number of likely N-dealkylation sites (tertiary alicyclic amines) is 1. The van der Waals surface area contributed by atoms with E-state index < -0.39 is 16.8 Å². The molecule has 1 amide bonds. The monoisotopic (exact) mass is 704 g/mol. The Kier molecular flexibility index (Phi) is 16.5. The summed E-state index contributed by atoms with van der Waals surface area (Å²) >= 11 is 12.6. The first-order valence-electron chi connectivity index (χ1n) is 15.0. The Morgan fingerprint density at radius 3 is 2.32 bits per heavy atom. The van der Waals surface area contributed by atoms with Crippen molar-refractivity contribution in [2.45, 2.75) is 32.2 Å². The topological polar surface area (TPSA) is 154 Å². The number of fused-ring (bicyclic) bond motifs is 1. The second-order valence-electron chi connectivity index (χ2n) is 11.3. The maximum Gasteiger partial charge on any atom is 0.300 e. The van der Waals surface area contributed by atoms with E-state index in [2.05, 4.69) is 15.9 Å². The molecule has 0 bridgehead atoms. The van der Waals surface area contributed by atoms with Crippen molar-refractivity contribution < 1.29 is 29.2 Å². The molecule has 2 heterocycles. The van der Waals surface area contributed by atoms with E-state index in [4.69, 9.17) is 37.9 Å². The minimum atomic E-state index is -0.833. The van der Waals surface area contributed by atoms with Gasteiger partial charge in [-0.15, -0.1) is 0 Å². The number of rotatable bonds is 8. The third-order valence-electron chi connectivity index (χ3n) is 7.94. The normalized spacial score (nSPS) is 15.7. The molecule has 47 heavy (non-hydrogen) atoms. The molecule has 0 radical (unpaired) electrons. The van der Waals surface area contributed by atoms with Crippen molar-refractivity contribution in [3.63, 3.8) is 0 Å².